The standard InChI is InChI=1S/C36H46N4O2/c1-26-8-12-29(13-9-26)25-39(22-20-28-6-4-3-5-7-28)33-21-23-40(36(42)30-14-10-27(2)11-15-30)34(24-33)35(41)38-32-18-16-31(37)17-19-32/h3-15,31-34H,16-25,37H2,1-2H3,(H,38,41)/t31?,32?,33?,34-/m1/s1. The number of nitrogens with two attached hydrogens (primary N) is 1. The van der Waals surface area contributed by atoms with Crippen LogP contribution in [-0.4, -0.2) is 58.9 Å². The van der Waals surface area contributed by atoms with Crippen LogP contribution in [0.1, 0.15) is 71.1 Å². The van der Waals surface area contributed by atoms with Crippen molar-refractivity contribution in [2.24, 2.45) is 5.73 Å². The lowest BCUT2D eigenvalue weighted by atomic mass is 9.90. The summed E-state index contributed by atoms with van der Waals surface area (Å²) in [6, 6.07) is 27.1. The molecule has 42 heavy (non-hydrogen) atoms. The smallest absolute Gasteiger partial charge is 0.254 e. The van der Waals surface area contributed by atoms with Crippen LogP contribution in [0.2, 0.25) is 0 Å². The summed E-state index contributed by atoms with van der Waals surface area (Å²) in [5.41, 5.74) is 11.7. The van der Waals surface area contributed by atoms with Crippen LogP contribution in [0.5, 0.6) is 0 Å². The quantitative estimate of drug-likeness (QED) is 0.363. The SMILES string of the molecule is Cc1ccc(CN(CCc2ccccc2)C2CCN(C(=O)c3ccc(C)cc3)[C@@H](C(=O)NC3CCC(N)CC3)C2)cc1. The summed E-state index contributed by atoms with van der Waals surface area (Å²) in [7, 11) is 0. The van der Waals surface area contributed by atoms with Gasteiger partial charge in [0.25, 0.3) is 5.91 Å². The first-order chi connectivity index (χ1) is 20.4. The molecule has 1 saturated carbocycles. The van der Waals surface area contributed by atoms with Gasteiger partial charge in [-0.1, -0.05) is 77.9 Å². The maximum absolute atomic E-state index is 13.9. The number of nitrogens with zero attached hydrogens (tertiary/aromatic N) is 2. The van der Waals surface area contributed by atoms with E-state index in [-0.39, 0.29) is 29.9 Å². The van der Waals surface area contributed by atoms with Crippen LogP contribution in [0.3, 0.4) is 0 Å². The summed E-state index contributed by atoms with van der Waals surface area (Å²) in [6.07, 6.45) is 6.03. The van der Waals surface area contributed by atoms with E-state index in [9.17, 15) is 9.59 Å². The Morgan fingerprint density at radius 2 is 1.48 bits per heavy atom. The fourth-order valence-electron chi connectivity index (χ4n) is 6.43. The van der Waals surface area contributed by atoms with Crippen molar-refractivity contribution in [3.8, 4) is 0 Å². The Kier molecular flexibility index (Phi) is 10.1. The van der Waals surface area contributed by atoms with Crippen LogP contribution in [0, 0.1) is 13.8 Å². The number of rotatable bonds is 9. The second-order valence-corrected chi connectivity index (χ2v) is 12.4. The third kappa shape index (κ3) is 7.87. The molecule has 2 amide bonds. The maximum atomic E-state index is 13.9. The molecule has 3 N–H and O–H groups in total. The largest absolute Gasteiger partial charge is 0.352 e. The lowest BCUT2D eigenvalue weighted by Gasteiger charge is -2.43. The average Bonchev–Trinajstić information content (AvgIpc) is 3.01. The van der Waals surface area contributed by atoms with Crippen LogP contribution in [0.15, 0.2) is 78.9 Å². The highest BCUT2D eigenvalue weighted by molar-refractivity contribution is 5.97. The van der Waals surface area contributed by atoms with Crippen molar-refractivity contribution in [2.75, 3.05) is 13.1 Å². The number of piperidine rings is 1. The van der Waals surface area contributed by atoms with Gasteiger partial charge in [0, 0.05) is 43.3 Å². The number of carbonyl (C=O) groups is 2. The van der Waals surface area contributed by atoms with E-state index < -0.39 is 6.04 Å². The Labute approximate surface area is 251 Å². The molecule has 6 heteroatoms. The summed E-state index contributed by atoms with van der Waals surface area (Å²) < 4.78 is 0. The van der Waals surface area contributed by atoms with Crippen molar-refractivity contribution >= 4 is 11.8 Å². The van der Waals surface area contributed by atoms with Crippen LogP contribution in [-0.2, 0) is 17.8 Å². The van der Waals surface area contributed by atoms with Crippen molar-refractivity contribution in [2.45, 2.75) is 89.5 Å². The van der Waals surface area contributed by atoms with Crippen molar-refractivity contribution < 1.29 is 9.59 Å². The monoisotopic (exact) mass is 566 g/mol. The number of benzene rings is 3. The lowest BCUT2D eigenvalue weighted by Crippen LogP contribution is -2.58. The second kappa shape index (κ2) is 14.1. The molecule has 1 unspecified atom stereocenters. The summed E-state index contributed by atoms with van der Waals surface area (Å²) in [4.78, 5) is 32.1. The predicted molar refractivity (Wildman–Crippen MR) is 169 cm³/mol. The normalized spacial score (nSPS) is 22.6. The van der Waals surface area contributed by atoms with E-state index >= 15 is 0 Å². The molecule has 2 fully saturated rings. The molecule has 1 heterocycles. The maximum Gasteiger partial charge on any atom is 0.254 e. The zero-order chi connectivity index (χ0) is 29.5. The third-order valence-corrected chi connectivity index (χ3v) is 9.11. The Hall–Kier alpha value is -3.48. The van der Waals surface area contributed by atoms with Gasteiger partial charge in [-0.25, -0.2) is 0 Å². The van der Waals surface area contributed by atoms with Crippen molar-refractivity contribution in [3.63, 3.8) is 0 Å². The molecule has 0 aromatic heterocycles. The fourth-order valence-corrected chi connectivity index (χ4v) is 6.43. The number of aryl methyl sites for hydroxylation is 2. The summed E-state index contributed by atoms with van der Waals surface area (Å²) in [5.74, 6) is -0.0902. The number of nitrogens with one attached hydrogen (secondary N) is 1. The molecular weight excluding hydrogens is 520 g/mol. The third-order valence-electron chi connectivity index (χ3n) is 9.11. The number of amides is 2. The highest BCUT2D eigenvalue weighted by Crippen LogP contribution is 2.27. The van der Waals surface area contributed by atoms with Crippen molar-refractivity contribution in [1.82, 2.24) is 15.1 Å². The molecule has 6 nitrogen and oxygen atoms in total. The van der Waals surface area contributed by atoms with E-state index in [4.69, 9.17) is 5.73 Å². The summed E-state index contributed by atoms with van der Waals surface area (Å²) in [5, 5.41) is 3.32. The Morgan fingerprint density at radius 1 is 0.833 bits per heavy atom. The predicted octanol–water partition coefficient (Wildman–Crippen LogP) is 5.41. The molecule has 2 atom stereocenters. The van der Waals surface area contributed by atoms with Crippen LogP contribution >= 0.6 is 0 Å². The number of carbonyl (C=O) groups excluding carboxylic acids is 2. The zero-order valence-corrected chi connectivity index (χ0v) is 25.2. The van der Waals surface area contributed by atoms with Crippen LogP contribution < -0.4 is 11.1 Å². The van der Waals surface area contributed by atoms with Crippen LogP contribution in [0.4, 0.5) is 0 Å². The second-order valence-electron chi connectivity index (χ2n) is 12.4. The molecule has 3 aromatic carbocycles. The minimum Gasteiger partial charge on any atom is -0.352 e. The Bertz CT molecular complexity index is 1300. The van der Waals surface area contributed by atoms with E-state index in [1.54, 1.807) is 0 Å². The first-order valence-electron chi connectivity index (χ1n) is 15.6. The first-order valence-corrected chi connectivity index (χ1v) is 15.6. The molecule has 0 bridgehead atoms. The number of likely N-dealkylation sites (tertiary alicyclic amines) is 1. The number of hydrogen-bond donors (Lipinski definition) is 2. The highest BCUT2D eigenvalue weighted by Gasteiger charge is 2.39. The minimum atomic E-state index is -0.509. The van der Waals surface area contributed by atoms with Crippen molar-refractivity contribution in [3.05, 3.63) is 107 Å². The average molecular weight is 567 g/mol. The molecule has 222 valence electrons. The van der Waals surface area contributed by atoms with Gasteiger partial charge in [0.1, 0.15) is 6.04 Å². The molecule has 0 radical (unpaired) electrons. The number of hydrogen-bond acceptors (Lipinski definition) is 4. The summed E-state index contributed by atoms with van der Waals surface area (Å²) in [6.45, 7) is 6.40. The van der Waals surface area contributed by atoms with Gasteiger partial charge < -0.3 is 16.0 Å². The lowest BCUT2D eigenvalue weighted by molar-refractivity contribution is -0.128. The zero-order valence-electron chi connectivity index (χ0n) is 25.2. The molecule has 3 aromatic rings. The van der Waals surface area contributed by atoms with Gasteiger partial charge in [0.2, 0.25) is 5.91 Å². The van der Waals surface area contributed by atoms with Gasteiger partial charge in [-0.15, -0.1) is 0 Å². The Morgan fingerprint density at radius 3 is 2.14 bits per heavy atom. The van der Waals surface area contributed by atoms with Gasteiger partial charge in [-0.3, -0.25) is 14.5 Å². The van der Waals surface area contributed by atoms with E-state index in [0.29, 0.717) is 18.5 Å². The fraction of sp³-hybridized carbons (Fsp3) is 0.444. The van der Waals surface area contributed by atoms with E-state index in [1.807, 2.05) is 36.1 Å². The van der Waals surface area contributed by atoms with Crippen molar-refractivity contribution in [1.29, 1.82) is 0 Å². The molecule has 1 aliphatic heterocycles. The Balaban J connectivity index is 1.37. The van der Waals surface area contributed by atoms with E-state index in [0.717, 1.165) is 57.2 Å². The topological polar surface area (TPSA) is 78.7 Å². The first kappa shape index (κ1) is 30.0. The molecule has 1 saturated heterocycles. The molecular formula is C36H46N4O2. The molecule has 5 rings (SSSR count). The van der Waals surface area contributed by atoms with Gasteiger partial charge in [0.15, 0.2) is 0 Å². The highest BCUT2D eigenvalue weighted by atomic mass is 16.2. The van der Waals surface area contributed by atoms with Crippen LogP contribution in [0.25, 0.3) is 0 Å². The van der Waals surface area contributed by atoms with Gasteiger partial charge >= 0.3 is 0 Å². The minimum absolute atomic E-state index is 0.0287. The molecule has 0 spiro atoms. The molecule has 2 aliphatic rings. The van der Waals surface area contributed by atoms with Gasteiger partial charge in [-0.05, 0) is 82.1 Å². The van der Waals surface area contributed by atoms with E-state index in [2.05, 4.69) is 71.7 Å². The van der Waals surface area contributed by atoms with Gasteiger partial charge in [0.05, 0.1) is 0 Å². The summed E-state index contributed by atoms with van der Waals surface area (Å²) >= 11 is 0. The van der Waals surface area contributed by atoms with E-state index in [1.165, 1.54) is 16.7 Å². The molecule has 1 aliphatic carbocycles. The van der Waals surface area contributed by atoms with Gasteiger partial charge in [-0.2, -0.15) is 0 Å².